The SMILES string of the molecule is CCCCc1ccc(O)c(N=C=O)c1. The Balaban J connectivity index is 2.88. The number of aromatic hydroxyl groups is 1. The number of hydrogen-bond donors (Lipinski definition) is 1. The van der Waals surface area contributed by atoms with E-state index in [0.717, 1.165) is 24.8 Å². The van der Waals surface area contributed by atoms with Gasteiger partial charge in [0.2, 0.25) is 6.08 Å². The number of unbranched alkanes of at least 4 members (excludes halogenated alkanes) is 1. The summed E-state index contributed by atoms with van der Waals surface area (Å²) in [5.41, 5.74) is 1.38. The smallest absolute Gasteiger partial charge is 0.240 e. The van der Waals surface area contributed by atoms with Crippen LogP contribution >= 0.6 is 0 Å². The van der Waals surface area contributed by atoms with Gasteiger partial charge < -0.3 is 5.11 Å². The molecule has 0 atom stereocenters. The second kappa shape index (κ2) is 5.20. The normalized spacial score (nSPS) is 9.50. The Hall–Kier alpha value is -1.60. The third kappa shape index (κ3) is 2.71. The largest absolute Gasteiger partial charge is 0.506 e. The zero-order valence-electron chi connectivity index (χ0n) is 8.16. The number of rotatable bonds is 4. The van der Waals surface area contributed by atoms with E-state index in [1.807, 2.05) is 6.07 Å². The first-order chi connectivity index (χ1) is 6.77. The molecule has 0 aliphatic heterocycles. The summed E-state index contributed by atoms with van der Waals surface area (Å²) >= 11 is 0. The summed E-state index contributed by atoms with van der Waals surface area (Å²) in [5.74, 6) is 0.0219. The average Bonchev–Trinajstić information content (AvgIpc) is 2.19. The van der Waals surface area contributed by atoms with Crippen molar-refractivity contribution in [2.45, 2.75) is 26.2 Å². The van der Waals surface area contributed by atoms with E-state index in [1.165, 1.54) is 6.08 Å². The summed E-state index contributed by atoms with van der Waals surface area (Å²) in [4.78, 5) is 13.5. The number of isocyanates is 1. The van der Waals surface area contributed by atoms with Crippen LogP contribution in [0.25, 0.3) is 0 Å². The molecular weight excluding hydrogens is 178 g/mol. The Labute approximate surface area is 83.1 Å². The maximum absolute atomic E-state index is 10.0. The van der Waals surface area contributed by atoms with E-state index in [9.17, 15) is 9.90 Å². The zero-order chi connectivity index (χ0) is 10.4. The average molecular weight is 191 g/mol. The lowest BCUT2D eigenvalue weighted by Gasteiger charge is -2.02. The third-order valence-corrected chi connectivity index (χ3v) is 2.02. The fourth-order valence-electron chi connectivity index (χ4n) is 1.24. The van der Waals surface area contributed by atoms with Gasteiger partial charge >= 0.3 is 0 Å². The van der Waals surface area contributed by atoms with Gasteiger partial charge in [0.25, 0.3) is 0 Å². The monoisotopic (exact) mass is 191 g/mol. The molecule has 0 bridgehead atoms. The van der Waals surface area contributed by atoms with E-state index < -0.39 is 0 Å². The second-order valence-corrected chi connectivity index (χ2v) is 3.13. The number of benzene rings is 1. The molecule has 0 amide bonds. The van der Waals surface area contributed by atoms with E-state index in [0.29, 0.717) is 5.69 Å². The van der Waals surface area contributed by atoms with Crippen LogP contribution in [0.2, 0.25) is 0 Å². The molecule has 14 heavy (non-hydrogen) atoms. The topological polar surface area (TPSA) is 49.7 Å². The van der Waals surface area contributed by atoms with Gasteiger partial charge in [-0.1, -0.05) is 19.4 Å². The van der Waals surface area contributed by atoms with Crippen molar-refractivity contribution in [1.29, 1.82) is 0 Å². The van der Waals surface area contributed by atoms with Gasteiger partial charge in [-0.05, 0) is 30.5 Å². The van der Waals surface area contributed by atoms with E-state index in [4.69, 9.17) is 0 Å². The van der Waals surface area contributed by atoms with Crippen LogP contribution < -0.4 is 0 Å². The first-order valence-electron chi connectivity index (χ1n) is 4.67. The van der Waals surface area contributed by atoms with E-state index in [1.54, 1.807) is 12.1 Å². The summed E-state index contributed by atoms with van der Waals surface area (Å²) < 4.78 is 0. The number of aryl methyl sites for hydroxylation is 1. The lowest BCUT2D eigenvalue weighted by atomic mass is 10.1. The predicted octanol–water partition coefficient (Wildman–Crippen LogP) is 2.70. The van der Waals surface area contributed by atoms with Gasteiger partial charge in [-0.15, -0.1) is 0 Å². The molecule has 0 unspecified atom stereocenters. The molecule has 3 heteroatoms. The summed E-state index contributed by atoms with van der Waals surface area (Å²) in [7, 11) is 0. The van der Waals surface area contributed by atoms with Crippen LogP contribution in [0.15, 0.2) is 23.2 Å². The molecule has 0 heterocycles. The van der Waals surface area contributed by atoms with Crippen LogP contribution in [0, 0.1) is 0 Å². The van der Waals surface area contributed by atoms with E-state index in [2.05, 4.69) is 11.9 Å². The summed E-state index contributed by atoms with van der Waals surface area (Å²) in [6, 6.07) is 5.12. The highest BCUT2D eigenvalue weighted by molar-refractivity contribution is 5.58. The van der Waals surface area contributed by atoms with Crippen molar-refractivity contribution in [3.63, 3.8) is 0 Å². The molecule has 0 aromatic heterocycles. The molecule has 0 spiro atoms. The quantitative estimate of drug-likeness (QED) is 0.587. The molecule has 0 fully saturated rings. The van der Waals surface area contributed by atoms with Crippen molar-refractivity contribution in [2.75, 3.05) is 0 Å². The number of hydrogen-bond acceptors (Lipinski definition) is 3. The minimum Gasteiger partial charge on any atom is -0.506 e. The number of phenolic OH excluding ortho intramolecular Hbond substituents is 1. The molecule has 0 saturated heterocycles. The maximum Gasteiger partial charge on any atom is 0.240 e. The van der Waals surface area contributed by atoms with E-state index >= 15 is 0 Å². The Morgan fingerprint density at radius 1 is 1.50 bits per heavy atom. The predicted molar refractivity (Wildman–Crippen MR) is 54.5 cm³/mol. The molecule has 3 nitrogen and oxygen atoms in total. The van der Waals surface area contributed by atoms with Crippen LogP contribution in [0.3, 0.4) is 0 Å². The maximum atomic E-state index is 10.0. The standard InChI is InChI=1S/C11H13NO2/c1-2-3-4-9-5-6-11(14)10(7-9)12-8-13/h5-7,14H,2-4H2,1H3. The van der Waals surface area contributed by atoms with Gasteiger partial charge in [0.1, 0.15) is 11.4 Å². The Morgan fingerprint density at radius 2 is 2.29 bits per heavy atom. The molecule has 74 valence electrons. The van der Waals surface area contributed by atoms with Gasteiger partial charge in [-0.2, -0.15) is 4.99 Å². The molecule has 0 radical (unpaired) electrons. The Bertz CT molecular complexity index is 354. The minimum atomic E-state index is 0.0219. The third-order valence-electron chi connectivity index (χ3n) is 2.02. The van der Waals surface area contributed by atoms with Crippen molar-refractivity contribution in [3.05, 3.63) is 23.8 Å². The molecule has 0 aliphatic rings. The van der Waals surface area contributed by atoms with Gasteiger partial charge in [-0.3, -0.25) is 0 Å². The van der Waals surface area contributed by atoms with Crippen LogP contribution in [0.1, 0.15) is 25.3 Å². The molecule has 0 aliphatic carbocycles. The first kappa shape index (κ1) is 10.5. The number of nitrogens with zero attached hydrogens (tertiary/aromatic N) is 1. The van der Waals surface area contributed by atoms with Crippen molar-refractivity contribution in [1.82, 2.24) is 0 Å². The molecule has 1 N–H and O–H groups in total. The number of aliphatic imine (C=N–C) groups is 1. The fraction of sp³-hybridized carbons (Fsp3) is 0.364. The molecular formula is C11H13NO2. The zero-order valence-corrected chi connectivity index (χ0v) is 8.16. The highest BCUT2D eigenvalue weighted by Gasteiger charge is 2.00. The highest BCUT2D eigenvalue weighted by Crippen LogP contribution is 2.27. The summed E-state index contributed by atoms with van der Waals surface area (Å²) in [6.07, 6.45) is 4.58. The number of phenols is 1. The van der Waals surface area contributed by atoms with Gasteiger partial charge in [0.05, 0.1) is 0 Å². The van der Waals surface area contributed by atoms with Gasteiger partial charge in [0.15, 0.2) is 0 Å². The van der Waals surface area contributed by atoms with E-state index in [-0.39, 0.29) is 5.75 Å². The van der Waals surface area contributed by atoms with Crippen molar-refractivity contribution >= 4 is 11.8 Å². The lowest BCUT2D eigenvalue weighted by molar-refractivity contribution is 0.476. The van der Waals surface area contributed by atoms with Gasteiger partial charge in [-0.25, -0.2) is 4.79 Å². The Morgan fingerprint density at radius 3 is 2.93 bits per heavy atom. The lowest BCUT2D eigenvalue weighted by Crippen LogP contribution is -1.83. The minimum absolute atomic E-state index is 0.0219. The number of carbonyl (C=O) groups excluding carboxylic acids is 1. The first-order valence-corrected chi connectivity index (χ1v) is 4.67. The second-order valence-electron chi connectivity index (χ2n) is 3.13. The van der Waals surface area contributed by atoms with Crippen LogP contribution in [-0.4, -0.2) is 11.2 Å². The van der Waals surface area contributed by atoms with Gasteiger partial charge in [0, 0.05) is 0 Å². The van der Waals surface area contributed by atoms with Crippen LogP contribution in [0.5, 0.6) is 5.75 Å². The summed E-state index contributed by atoms with van der Waals surface area (Å²) in [5, 5.41) is 9.32. The van der Waals surface area contributed by atoms with Crippen LogP contribution in [-0.2, 0) is 11.2 Å². The Kier molecular flexibility index (Phi) is 3.89. The highest BCUT2D eigenvalue weighted by atomic mass is 16.3. The van der Waals surface area contributed by atoms with Crippen molar-refractivity contribution in [2.24, 2.45) is 4.99 Å². The molecule has 0 saturated carbocycles. The molecule has 1 aromatic carbocycles. The molecule has 1 rings (SSSR count). The fourth-order valence-corrected chi connectivity index (χ4v) is 1.24. The van der Waals surface area contributed by atoms with Crippen molar-refractivity contribution in [3.8, 4) is 5.75 Å². The van der Waals surface area contributed by atoms with Crippen LogP contribution in [0.4, 0.5) is 5.69 Å². The van der Waals surface area contributed by atoms with Crippen molar-refractivity contribution < 1.29 is 9.90 Å². The molecule has 1 aromatic rings. The summed E-state index contributed by atoms with van der Waals surface area (Å²) in [6.45, 7) is 2.12.